The molecule has 1 aromatic heterocycles. The second-order valence-corrected chi connectivity index (χ2v) is 8.43. The number of aliphatic imine (C=N–C) groups is 1. The Morgan fingerprint density at radius 3 is 2.60 bits per heavy atom. The average Bonchev–Trinajstić information content (AvgIpc) is 3.02. The summed E-state index contributed by atoms with van der Waals surface area (Å²) in [6.07, 6.45) is 1.87. The van der Waals surface area contributed by atoms with Gasteiger partial charge in [0.2, 0.25) is 0 Å². The maximum absolute atomic E-state index is 12.8. The van der Waals surface area contributed by atoms with Crippen LogP contribution in [0.25, 0.3) is 10.9 Å². The molecule has 154 valence electrons. The van der Waals surface area contributed by atoms with Crippen molar-refractivity contribution in [3.8, 4) is 0 Å². The number of hydrogen-bond donors (Lipinski definition) is 1. The van der Waals surface area contributed by atoms with Crippen LogP contribution in [0.5, 0.6) is 0 Å². The largest absolute Gasteiger partial charge is 0.358 e. The van der Waals surface area contributed by atoms with Gasteiger partial charge in [0.15, 0.2) is 0 Å². The highest BCUT2D eigenvalue weighted by Gasteiger charge is 2.36. The summed E-state index contributed by atoms with van der Waals surface area (Å²) in [6, 6.07) is 16.5. The molecular formula is C26H28N2O2. The van der Waals surface area contributed by atoms with Crippen molar-refractivity contribution in [1.29, 1.82) is 0 Å². The van der Waals surface area contributed by atoms with Crippen LogP contribution in [0.15, 0.2) is 53.5 Å². The Labute approximate surface area is 177 Å². The molecule has 30 heavy (non-hydrogen) atoms. The van der Waals surface area contributed by atoms with E-state index in [2.05, 4.69) is 49.2 Å². The second-order valence-electron chi connectivity index (χ2n) is 8.43. The second kappa shape index (κ2) is 8.39. The zero-order valence-corrected chi connectivity index (χ0v) is 17.9. The fourth-order valence-corrected chi connectivity index (χ4v) is 4.70. The van der Waals surface area contributed by atoms with Crippen molar-refractivity contribution in [2.24, 2.45) is 10.9 Å². The summed E-state index contributed by atoms with van der Waals surface area (Å²) in [5.74, 6) is -0.661. The van der Waals surface area contributed by atoms with Crippen LogP contribution >= 0.6 is 0 Å². The molecular weight excluding hydrogens is 372 g/mol. The van der Waals surface area contributed by atoms with Crippen molar-refractivity contribution in [3.63, 3.8) is 0 Å². The van der Waals surface area contributed by atoms with Crippen LogP contribution in [0, 0.1) is 19.8 Å². The third kappa shape index (κ3) is 4.00. The monoisotopic (exact) mass is 400 g/mol. The van der Waals surface area contributed by atoms with E-state index in [1.54, 1.807) is 0 Å². The SMILES string of the molecule is CC(=O)C1C(=O)C[C@H](c2ccccc2)CC1=NCCc1c(C)[nH]c2ccc(C)cc12. The van der Waals surface area contributed by atoms with Crippen molar-refractivity contribution in [2.75, 3.05) is 6.54 Å². The van der Waals surface area contributed by atoms with Crippen molar-refractivity contribution in [1.82, 2.24) is 4.98 Å². The van der Waals surface area contributed by atoms with Gasteiger partial charge in [-0.1, -0.05) is 42.0 Å². The quantitative estimate of drug-likeness (QED) is 0.604. The predicted octanol–water partition coefficient (Wildman–Crippen LogP) is 5.12. The van der Waals surface area contributed by atoms with Gasteiger partial charge in [-0.2, -0.15) is 0 Å². The minimum Gasteiger partial charge on any atom is -0.358 e. The lowest BCUT2D eigenvalue weighted by atomic mass is 9.75. The zero-order valence-electron chi connectivity index (χ0n) is 17.9. The number of rotatable bonds is 5. The molecule has 0 aliphatic heterocycles. The summed E-state index contributed by atoms with van der Waals surface area (Å²) >= 11 is 0. The number of aryl methyl sites for hydroxylation is 2. The van der Waals surface area contributed by atoms with Gasteiger partial charge in [-0.3, -0.25) is 14.6 Å². The molecule has 1 N–H and O–H groups in total. The molecule has 0 radical (unpaired) electrons. The molecule has 1 fully saturated rings. The first kappa shape index (κ1) is 20.3. The van der Waals surface area contributed by atoms with Gasteiger partial charge in [-0.05, 0) is 62.8 Å². The molecule has 0 spiro atoms. The normalized spacial score (nSPS) is 20.8. The van der Waals surface area contributed by atoms with Gasteiger partial charge in [0.25, 0.3) is 0 Å². The van der Waals surface area contributed by atoms with E-state index in [4.69, 9.17) is 4.99 Å². The molecule has 4 nitrogen and oxygen atoms in total. The number of ketones is 2. The molecule has 1 aliphatic carbocycles. The topological polar surface area (TPSA) is 62.3 Å². The van der Waals surface area contributed by atoms with E-state index in [0.29, 0.717) is 19.4 Å². The molecule has 0 saturated heterocycles. The molecule has 1 saturated carbocycles. The van der Waals surface area contributed by atoms with Crippen molar-refractivity contribution >= 4 is 28.2 Å². The number of Topliss-reactive ketones (excluding diaryl/α,β-unsaturated/α-hetero) is 2. The molecule has 0 amide bonds. The Kier molecular flexibility index (Phi) is 5.67. The number of hydrogen-bond acceptors (Lipinski definition) is 3. The summed E-state index contributed by atoms with van der Waals surface area (Å²) in [5.41, 5.74) is 6.68. The van der Waals surface area contributed by atoms with Gasteiger partial charge in [0.1, 0.15) is 17.5 Å². The summed E-state index contributed by atoms with van der Waals surface area (Å²) in [6.45, 7) is 6.27. The lowest BCUT2D eigenvalue weighted by Crippen LogP contribution is -2.37. The van der Waals surface area contributed by atoms with Crippen LogP contribution in [0.1, 0.15) is 48.1 Å². The van der Waals surface area contributed by atoms with Gasteiger partial charge in [0.05, 0.1) is 0 Å². The first-order valence-electron chi connectivity index (χ1n) is 10.6. The Balaban J connectivity index is 1.58. The molecule has 3 aromatic rings. The number of aromatic amines is 1. The third-order valence-electron chi connectivity index (χ3n) is 6.19. The molecule has 1 aliphatic rings. The number of fused-ring (bicyclic) bond motifs is 1. The summed E-state index contributed by atoms with van der Waals surface area (Å²) in [7, 11) is 0. The van der Waals surface area contributed by atoms with Crippen LogP contribution in [0.2, 0.25) is 0 Å². The highest BCUT2D eigenvalue weighted by molar-refractivity contribution is 6.22. The summed E-state index contributed by atoms with van der Waals surface area (Å²) < 4.78 is 0. The molecule has 0 bridgehead atoms. The van der Waals surface area contributed by atoms with E-state index in [1.807, 2.05) is 18.2 Å². The lowest BCUT2D eigenvalue weighted by molar-refractivity contribution is -0.129. The van der Waals surface area contributed by atoms with Crippen molar-refractivity contribution in [3.05, 3.63) is 70.9 Å². The molecule has 4 rings (SSSR count). The van der Waals surface area contributed by atoms with Crippen LogP contribution in [0.4, 0.5) is 0 Å². The van der Waals surface area contributed by atoms with Gasteiger partial charge in [-0.15, -0.1) is 0 Å². The van der Waals surface area contributed by atoms with E-state index in [-0.39, 0.29) is 17.5 Å². The fraction of sp³-hybridized carbons (Fsp3) is 0.346. The van der Waals surface area contributed by atoms with E-state index in [0.717, 1.165) is 28.9 Å². The maximum atomic E-state index is 12.8. The Morgan fingerprint density at radius 2 is 1.87 bits per heavy atom. The predicted molar refractivity (Wildman–Crippen MR) is 121 cm³/mol. The van der Waals surface area contributed by atoms with E-state index in [9.17, 15) is 9.59 Å². The van der Waals surface area contributed by atoms with Crippen LogP contribution in [-0.4, -0.2) is 28.8 Å². The summed E-state index contributed by atoms with van der Waals surface area (Å²) in [4.78, 5) is 33.3. The fourth-order valence-electron chi connectivity index (χ4n) is 4.70. The number of H-pyrrole nitrogens is 1. The number of aromatic nitrogens is 1. The average molecular weight is 401 g/mol. The minimum atomic E-state index is -0.670. The van der Waals surface area contributed by atoms with Crippen LogP contribution < -0.4 is 0 Å². The Hall–Kier alpha value is -3.01. The number of nitrogens with one attached hydrogen (secondary N) is 1. The van der Waals surface area contributed by atoms with E-state index >= 15 is 0 Å². The van der Waals surface area contributed by atoms with Crippen molar-refractivity contribution in [2.45, 2.75) is 46.0 Å². The third-order valence-corrected chi connectivity index (χ3v) is 6.19. The highest BCUT2D eigenvalue weighted by atomic mass is 16.1. The molecule has 1 heterocycles. The number of benzene rings is 2. The van der Waals surface area contributed by atoms with Gasteiger partial charge in [-0.25, -0.2) is 0 Å². The van der Waals surface area contributed by atoms with Gasteiger partial charge in [0, 0.05) is 35.3 Å². The standard InChI is InChI=1S/C26H28N2O2/c1-16-9-10-23-22(13-16)21(17(2)28-23)11-12-27-24-14-20(19-7-5-4-6-8-19)15-25(30)26(24)18(3)29/h4-10,13,20,26,28H,11-12,14-15H2,1-3H3/t20-,26?/m1/s1. The Morgan fingerprint density at radius 1 is 1.10 bits per heavy atom. The van der Waals surface area contributed by atoms with Crippen molar-refractivity contribution < 1.29 is 9.59 Å². The lowest BCUT2D eigenvalue weighted by Gasteiger charge is -2.28. The number of carbonyl (C=O) groups excluding carboxylic acids is 2. The van der Waals surface area contributed by atoms with Crippen LogP contribution in [0.3, 0.4) is 0 Å². The molecule has 1 unspecified atom stereocenters. The maximum Gasteiger partial charge on any atom is 0.149 e. The number of nitrogens with zero attached hydrogens (tertiary/aromatic N) is 1. The molecule has 4 heteroatoms. The number of carbonyl (C=O) groups is 2. The summed E-state index contributed by atoms with van der Waals surface area (Å²) in [5, 5.41) is 1.23. The minimum absolute atomic E-state index is 0.000234. The van der Waals surface area contributed by atoms with Gasteiger partial charge < -0.3 is 4.98 Å². The molecule has 2 atom stereocenters. The Bertz CT molecular complexity index is 1120. The molecule has 2 aromatic carbocycles. The highest BCUT2D eigenvalue weighted by Crippen LogP contribution is 2.33. The smallest absolute Gasteiger partial charge is 0.149 e. The van der Waals surface area contributed by atoms with E-state index in [1.165, 1.54) is 23.4 Å². The van der Waals surface area contributed by atoms with E-state index < -0.39 is 5.92 Å². The first-order chi connectivity index (χ1) is 14.4. The van der Waals surface area contributed by atoms with Gasteiger partial charge >= 0.3 is 0 Å². The van der Waals surface area contributed by atoms with Crippen LogP contribution in [-0.2, 0) is 16.0 Å². The zero-order chi connectivity index (χ0) is 21.3. The first-order valence-corrected chi connectivity index (χ1v) is 10.6.